The number of carbonyl (C=O) groups is 1. The highest BCUT2D eigenvalue weighted by atomic mass is 32.1. The highest BCUT2D eigenvalue weighted by Gasteiger charge is 2.49. The van der Waals surface area contributed by atoms with Crippen molar-refractivity contribution in [2.24, 2.45) is 11.3 Å². The summed E-state index contributed by atoms with van der Waals surface area (Å²) >= 11 is 1.52. The number of hydrogen-bond donors (Lipinski definition) is 1. The maximum atomic E-state index is 12.5. The molecule has 1 aromatic rings. The first kappa shape index (κ1) is 16.5. The van der Waals surface area contributed by atoms with E-state index in [2.05, 4.69) is 4.90 Å². The molecule has 3 aliphatic heterocycles. The molecule has 4 heterocycles. The fourth-order valence-electron chi connectivity index (χ4n) is 4.63. The largest absolute Gasteiger partial charge is 0.396 e. The Morgan fingerprint density at radius 1 is 1.38 bits per heavy atom. The van der Waals surface area contributed by atoms with Gasteiger partial charge in [-0.1, -0.05) is 6.07 Å². The molecule has 132 valence electrons. The number of carbonyl (C=O) groups excluding carboxylic acids is 1. The average Bonchev–Trinajstić information content (AvgIpc) is 3.29. The van der Waals surface area contributed by atoms with Crippen molar-refractivity contribution in [3.63, 3.8) is 0 Å². The first-order chi connectivity index (χ1) is 11.7. The van der Waals surface area contributed by atoms with Crippen LogP contribution in [0.3, 0.4) is 0 Å². The molecule has 0 bridgehead atoms. The number of rotatable bonds is 3. The lowest BCUT2D eigenvalue weighted by Crippen LogP contribution is -2.47. The quantitative estimate of drug-likeness (QED) is 0.901. The first-order valence-corrected chi connectivity index (χ1v) is 9.85. The number of ether oxygens (including phenoxy) is 1. The van der Waals surface area contributed by atoms with Crippen molar-refractivity contribution in [3.8, 4) is 0 Å². The van der Waals surface area contributed by atoms with Crippen molar-refractivity contribution in [3.05, 3.63) is 22.4 Å². The van der Waals surface area contributed by atoms with E-state index in [1.807, 2.05) is 22.4 Å². The number of fused-ring (bicyclic) bond motifs is 1. The van der Waals surface area contributed by atoms with E-state index in [0.717, 1.165) is 56.9 Å². The molecular formula is C18H26N2O3S. The first-order valence-electron chi connectivity index (χ1n) is 8.97. The molecule has 4 rings (SSSR count). The molecule has 0 aromatic carbocycles. The summed E-state index contributed by atoms with van der Waals surface area (Å²) in [7, 11) is 0. The van der Waals surface area contributed by atoms with Gasteiger partial charge < -0.3 is 14.7 Å². The van der Waals surface area contributed by atoms with Gasteiger partial charge in [-0.15, -0.1) is 11.3 Å². The number of hydrogen-bond acceptors (Lipinski definition) is 5. The Kier molecular flexibility index (Phi) is 4.64. The van der Waals surface area contributed by atoms with E-state index in [9.17, 15) is 9.90 Å². The molecule has 0 unspecified atom stereocenters. The molecule has 2 atom stereocenters. The number of nitrogens with zero attached hydrogens (tertiary/aromatic N) is 2. The number of thiophene rings is 1. The van der Waals surface area contributed by atoms with Crippen molar-refractivity contribution in [2.45, 2.75) is 25.3 Å². The molecule has 0 aliphatic carbocycles. The topological polar surface area (TPSA) is 53.0 Å². The van der Waals surface area contributed by atoms with Gasteiger partial charge in [0.25, 0.3) is 5.91 Å². The minimum absolute atomic E-state index is 0.0534. The Morgan fingerprint density at radius 2 is 2.21 bits per heavy atom. The van der Waals surface area contributed by atoms with Gasteiger partial charge in [0.05, 0.1) is 18.1 Å². The van der Waals surface area contributed by atoms with Gasteiger partial charge in [-0.3, -0.25) is 9.69 Å². The van der Waals surface area contributed by atoms with Gasteiger partial charge in [-0.05, 0) is 36.6 Å². The van der Waals surface area contributed by atoms with Crippen LogP contribution in [0.15, 0.2) is 17.5 Å². The predicted octanol–water partition coefficient (Wildman–Crippen LogP) is 1.68. The summed E-state index contributed by atoms with van der Waals surface area (Å²) in [4.78, 5) is 17.9. The van der Waals surface area contributed by atoms with Gasteiger partial charge >= 0.3 is 0 Å². The Morgan fingerprint density at radius 3 is 2.88 bits per heavy atom. The van der Waals surface area contributed by atoms with E-state index >= 15 is 0 Å². The zero-order chi connectivity index (χ0) is 16.6. The second-order valence-electron chi connectivity index (χ2n) is 7.49. The summed E-state index contributed by atoms with van der Waals surface area (Å²) in [6.07, 6.45) is 3.13. The molecule has 1 N–H and O–H groups in total. The molecule has 3 fully saturated rings. The summed E-state index contributed by atoms with van der Waals surface area (Å²) in [6, 6.07) is 4.38. The second-order valence-corrected chi connectivity index (χ2v) is 8.44. The van der Waals surface area contributed by atoms with Gasteiger partial charge in [0, 0.05) is 44.2 Å². The molecule has 24 heavy (non-hydrogen) atoms. The Bertz CT molecular complexity index is 571. The van der Waals surface area contributed by atoms with Crippen LogP contribution in [0.4, 0.5) is 0 Å². The van der Waals surface area contributed by atoms with Crippen molar-refractivity contribution >= 4 is 17.2 Å². The third-order valence-corrected chi connectivity index (χ3v) is 7.01. The number of likely N-dealkylation sites (tertiary alicyclic amines) is 2. The Balaban J connectivity index is 1.36. The summed E-state index contributed by atoms with van der Waals surface area (Å²) < 4.78 is 5.66. The number of aliphatic hydroxyl groups is 1. The lowest BCUT2D eigenvalue weighted by Gasteiger charge is -2.38. The van der Waals surface area contributed by atoms with Crippen LogP contribution in [0.2, 0.25) is 0 Å². The van der Waals surface area contributed by atoms with Gasteiger partial charge in [0.1, 0.15) is 0 Å². The van der Waals surface area contributed by atoms with Gasteiger partial charge in [0.15, 0.2) is 0 Å². The summed E-state index contributed by atoms with van der Waals surface area (Å²) in [6.45, 7) is 5.44. The highest BCUT2D eigenvalue weighted by molar-refractivity contribution is 7.12. The lowest BCUT2D eigenvalue weighted by atomic mass is 9.76. The molecule has 1 amide bonds. The standard InChI is InChI=1S/C18H26N2O3S/c21-12-18-11-20(10-14(18)5-8-23-13-18)15-3-6-19(7-4-15)17(22)16-2-1-9-24-16/h1-2,9,14-15,21H,3-8,10-13H2/t14-,18+/m0/s1. The van der Waals surface area contributed by atoms with E-state index in [4.69, 9.17) is 4.74 Å². The molecular weight excluding hydrogens is 324 g/mol. The zero-order valence-electron chi connectivity index (χ0n) is 14.0. The fourth-order valence-corrected chi connectivity index (χ4v) is 5.32. The summed E-state index contributed by atoms with van der Waals surface area (Å²) in [5, 5.41) is 11.9. The van der Waals surface area contributed by atoms with E-state index < -0.39 is 0 Å². The maximum Gasteiger partial charge on any atom is 0.263 e. The molecule has 0 spiro atoms. The fraction of sp³-hybridized carbons (Fsp3) is 0.722. The SMILES string of the molecule is O=C(c1cccs1)N1CCC(N2C[C@@H]3CCOC[C@]3(CO)C2)CC1. The second kappa shape index (κ2) is 6.75. The highest BCUT2D eigenvalue weighted by Crippen LogP contribution is 2.42. The average molecular weight is 350 g/mol. The lowest BCUT2D eigenvalue weighted by molar-refractivity contribution is -0.0568. The van der Waals surface area contributed by atoms with Crippen LogP contribution in [-0.2, 0) is 4.74 Å². The van der Waals surface area contributed by atoms with E-state index in [0.29, 0.717) is 18.6 Å². The summed E-state index contributed by atoms with van der Waals surface area (Å²) in [5.41, 5.74) is -0.0534. The van der Waals surface area contributed by atoms with Crippen LogP contribution in [0.5, 0.6) is 0 Å². The zero-order valence-corrected chi connectivity index (χ0v) is 14.8. The van der Waals surface area contributed by atoms with Crippen molar-refractivity contribution in [1.29, 1.82) is 0 Å². The molecule has 5 nitrogen and oxygen atoms in total. The molecule has 3 aliphatic rings. The maximum absolute atomic E-state index is 12.5. The van der Waals surface area contributed by atoms with Crippen molar-refractivity contribution in [1.82, 2.24) is 9.80 Å². The smallest absolute Gasteiger partial charge is 0.263 e. The van der Waals surface area contributed by atoms with Crippen LogP contribution >= 0.6 is 11.3 Å². The van der Waals surface area contributed by atoms with Crippen LogP contribution in [0, 0.1) is 11.3 Å². The van der Waals surface area contributed by atoms with Crippen LogP contribution in [0.25, 0.3) is 0 Å². The van der Waals surface area contributed by atoms with Crippen molar-refractivity contribution in [2.75, 3.05) is 46.0 Å². The van der Waals surface area contributed by atoms with E-state index in [1.165, 1.54) is 11.3 Å². The minimum atomic E-state index is -0.0534. The molecule has 0 saturated carbocycles. The number of aliphatic hydroxyl groups excluding tert-OH is 1. The van der Waals surface area contributed by atoms with E-state index in [1.54, 1.807) is 0 Å². The third kappa shape index (κ3) is 2.90. The van der Waals surface area contributed by atoms with E-state index in [-0.39, 0.29) is 17.9 Å². The Labute approximate surface area is 147 Å². The molecule has 1 aromatic heterocycles. The van der Waals surface area contributed by atoms with Gasteiger partial charge in [0.2, 0.25) is 0 Å². The molecule has 3 saturated heterocycles. The van der Waals surface area contributed by atoms with Gasteiger partial charge in [-0.2, -0.15) is 0 Å². The molecule has 6 heteroatoms. The van der Waals surface area contributed by atoms with Crippen molar-refractivity contribution < 1.29 is 14.6 Å². The third-order valence-electron chi connectivity index (χ3n) is 6.15. The summed E-state index contributed by atoms with van der Waals surface area (Å²) in [5.74, 6) is 0.737. The van der Waals surface area contributed by atoms with Gasteiger partial charge in [-0.25, -0.2) is 0 Å². The molecule has 0 radical (unpaired) electrons. The van der Waals surface area contributed by atoms with Crippen LogP contribution in [0.1, 0.15) is 28.9 Å². The van der Waals surface area contributed by atoms with Crippen LogP contribution < -0.4 is 0 Å². The normalized spacial score (nSPS) is 32.0. The predicted molar refractivity (Wildman–Crippen MR) is 93.3 cm³/mol. The number of piperidine rings is 1. The van der Waals surface area contributed by atoms with Crippen LogP contribution in [-0.4, -0.2) is 72.9 Å². The minimum Gasteiger partial charge on any atom is -0.396 e. The Hall–Kier alpha value is -0.950. The monoisotopic (exact) mass is 350 g/mol. The number of amides is 1.